The number of nitrogens with one attached hydrogen (secondary N) is 1. The molecule has 2 aromatic carbocycles. The zero-order valence-electron chi connectivity index (χ0n) is 17.9. The Morgan fingerprint density at radius 3 is 2.69 bits per heavy atom. The molecule has 9 heteroatoms. The van der Waals surface area contributed by atoms with Gasteiger partial charge in [-0.1, -0.05) is 36.9 Å². The van der Waals surface area contributed by atoms with Crippen molar-refractivity contribution in [2.24, 2.45) is 0 Å². The second-order valence-corrected chi connectivity index (χ2v) is 9.41. The predicted octanol–water partition coefficient (Wildman–Crippen LogP) is 5.49. The van der Waals surface area contributed by atoms with E-state index in [1.54, 1.807) is 18.2 Å². The Morgan fingerprint density at radius 1 is 1.25 bits per heavy atom. The molecular formula is C23H23BrN2O4S2. The number of rotatable bonds is 8. The minimum absolute atomic E-state index is 0.259. The van der Waals surface area contributed by atoms with Crippen molar-refractivity contribution >= 4 is 62.1 Å². The summed E-state index contributed by atoms with van der Waals surface area (Å²) in [6, 6.07) is 10.8. The van der Waals surface area contributed by atoms with E-state index in [1.165, 1.54) is 0 Å². The first-order chi connectivity index (χ1) is 15.3. The van der Waals surface area contributed by atoms with Crippen LogP contribution in [0, 0.1) is 6.92 Å². The quantitative estimate of drug-likeness (QED) is 0.356. The maximum atomic E-state index is 12.9. The molecule has 0 spiro atoms. The van der Waals surface area contributed by atoms with Crippen LogP contribution in [0.25, 0.3) is 6.08 Å². The molecule has 1 fully saturated rings. The smallest absolute Gasteiger partial charge is 0.285 e. The van der Waals surface area contributed by atoms with Crippen molar-refractivity contribution in [2.45, 2.75) is 27.2 Å². The Hall–Kier alpha value is -2.36. The molecule has 168 valence electrons. The minimum Gasteiger partial charge on any atom is -0.490 e. The third kappa shape index (κ3) is 5.51. The van der Waals surface area contributed by atoms with Crippen LogP contribution in [0.1, 0.15) is 41.8 Å². The van der Waals surface area contributed by atoms with Crippen LogP contribution >= 0.6 is 39.9 Å². The van der Waals surface area contributed by atoms with Crippen molar-refractivity contribution in [1.82, 2.24) is 10.4 Å². The van der Waals surface area contributed by atoms with Gasteiger partial charge in [-0.3, -0.25) is 15.0 Å². The molecule has 0 aliphatic carbocycles. The van der Waals surface area contributed by atoms with Gasteiger partial charge in [0.1, 0.15) is 0 Å². The molecule has 0 unspecified atom stereocenters. The van der Waals surface area contributed by atoms with Gasteiger partial charge in [0.15, 0.2) is 15.8 Å². The minimum atomic E-state index is -0.389. The maximum Gasteiger partial charge on any atom is 0.285 e. The van der Waals surface area contributed by atoms with E-state index in [9.17, 15) is 9.59 Å². The van der Waals surface area contributed by atoms with Gasteiger partial charge in [-0.05, 0) is 83.8 Å². The molecule has 2 amide bonds. The second kappa shape index (κ2) is 11.0. The zero-order valence-corrected chi connectivity index (χ0v) is 21.2. The van der Waals surface area contributed by atoms with E-state index in [0.29, 0.717) is 35.2 Å². The molecular weight excluding hydrogens is 512 g/mol. The van der Waals surface area contributed by atoms with Crippen molar-refractivity contribution in [3.05, 3.63) is 62.5 Å². The number of halogens is 1. The summed E-state index contributed by atoms with van der Waals surface area (Å²) in [6.45, 7) is 6.80. The molecule has 0 radical (unpaired) electrons. The van der Waals surface area contributed by atoms with Gasteiger partial charge in [-0.25, -0.2) is 0 Å². The van der Waals surface area contributed by atoms with Gasteiger partial charge >= 0.3 is 0 Å². The van der Waals surface area contributed by atoms with Crippen molar-refractivity contribution in [2.75, 3.05) is 13.2 Å². The van der Waals surface area contributed by atoms with Gasteiger partial charge in [-0.2, -0.15) is 5.01 Å². The van der Waals surface area contributed by atoms with Crippen LogP contribution < -0.4 is 14.9 Å². The molecule has 32 heavy (non-hydrogen) atoms. The van der Waals surface area contributed by atoms with E-state index in [4.69, 9.17) is 21.7 Å². The van der Waals surface area contributed by atoms with Crippen molar-refractivity contribution < 1.29 is 19.1 Å². The summed E-state index contributed by atoms with van der Waals surface area (Å²) in [5.74, 6) is 0.440. The lowest BCUT2D eigenvalue weighted by atomic mass is 10.1. The molecule has 6 nitrogen and oxygen atoms in total. The lowest BCUT2D eigenvalue weighted by Crippen LogP contribution is -2.45. The Balaban J connectivity index is 1.84. The third-order valence-corrected chi connectivity index (χ3v) is 6.37. The Bertz CT molecular complexity index is 1090. The highest BCUT2D eigenvalue weighted by Crippen LogP contribution is 2.39. The fourth-order valence-corrected chi connectivity index (χ4v) is 4.74. The molecule has 1 N–H and O–H groups in total. The number of hydrogen-bond donors (Lipinski definition) is 1. The molecule has 3 rings (SSSR count). The zero-order chi connectivity index (χ0) is 23.3. The molecule has 0 atom stereocenters. The number of hydrazine groups is 1. The Morgan fingerprint density at radius 2 is 2.00 bits per heavy atom. The van der Waals surface area contributed by atoms with Crippen molar-refractivity contribution in [3.8, 4) is 11.5 Å². The average Bonchev–Trinajstić information content (AvgIpc) is 3.01. The largest absolute Gasteiger partial charge is 0.490 e. The number of benzene rings is 2. The summed E-state index contributed by atoms with van der Waals surface area (Å²) in [6.07, 6.45) is 2.59. The molecule has 0 aromatic heterocycles. The number of ether oxygens (including phenoxy) is 2. The first kappa shape index (κ1) is 24.3. The van der Waals surface area contributed by atoms with E-state index in [0.717, 1.165) is 38.8 Å². The van der Waals surface area contributed by atoms with Crippen LogP contribution in [-0.2, 0) is 4.79 Å². The standard InChI is InChI=1S/C23H23BrN2O4S2/c1-4-10-30-20-17(24)11-15(12-18(20)29-5-2)13-19-22(28)26(23(31)32-19)25-21(27)16-9-7-6-8-14(16)3/h6-9,11-13H,4-5,10H2,1-3H3,(H,25,27)/b19-13-. The van der Waals surface area contributed by atoms with Crippen LogP contribution in [0.3, 0.4) is 0 Å². The molecule has 0 saturated carbocycles. The van der Waals surface area contributed by atoms with Crippen LogP contribution in [-0.4, -0.2) is 34.4 Å². The molecule has 1 saturated heterocycles. The van der Waals surface area contributed by atoms with Gasteiger partial charge in [0, 0.05) is 5.56 Å². The van der Waals surface area contributed by atoms with E-state index in [1.807, 2.05) is 45.0 Å². The summed E-state index contributed by atoms with van der Waals surface area (Å²) in [4.78, 5) is 26.0. The van der Waals surface area contributed by atoms with Crippen LogP contribution in [0.15, 0.2) is 45.8 Å². The molecule has 0 bridgehead atoms. The van der Waals surface area contributed by atoms with Gasteiger partial charge in [-0.15, -0.1) is 0 Å². The summed E-state index contributed by atoms with van der Waals surface area (Å²) in [7, 11) is 0. The molecule has 1 aliphatic heterocycles. The van der Waals surface area contributed by atoms with Gasteiger partial charge in [0.05, 0.1) is 22.6 Å². The first-order valence-corrected chi connectivity index (χ1v) is 12.1. The fourth-order valence-electron chi connectivity index (χ4n) is 2.98. The van der Waals surface area contributed by atoms with Crippen LogP contribution in [0.2, 0.25) is 0 Å². The average molecular weight is 535 g/mol. The van der Waals surface area contributed by atoms with E-state index < -0.39 is 0 Å². The van der Waals surface area contributed by atoms with Crippen molar-refractivity contribution in [1.29, 1.82) is 0 Å². The molecule has 1 aliphatic rings. The number of thioether (sulfide) groups is 1. The normalized spacial score (nSPS) is 14.8. The number of amides is 2. The first-order valence-electron chi connectivity index (χ1n) is 10.1. The maximum absolute atomic E-state index is 12.9. The fraction of sp³-hybridized carbons (Fsp3) is 0.261. The van der Waals surface area contributed by atoms with Crippen LogP contribution in [0.4, 0.5) is 0 Å². The second-order valence-electron chi connectivity index (χ2n) is 6.88. The Kier molecular flexibility index (Phi) is 8.33. The lowest BCUT2D eigenvalue weighted by molar-refractivity contribution is -0.123. The SMILES string of the molecule is CCCOc1c(Br)cc(/C=C2\SC(=S)N(NC(=O)c3ccccc3C)C2=O)cc1OCC. The molecule has 2 aromatic rings. The number of aryl methyl sites for hydroxylation is 1. The summed E-state index contributed by atoms with van der Waals surface area (Å²) in [5.41, 5.74) is 4.65. The topological polar surface area (TPSA) is 67.9 Å². The highest BCUT2D eigenvalue weighted by Gasteiger charge is 2.34. The lowest BCUT2D eigenvalue weighted by Gasteiger charge is -2.16. The molecule has 1 heterocycles. The Labute approximate surface area is 205 Å². The summed E-state index contributed by atoms with van der Waals surface area (Å²) >= 11 is 9.99. The highest BCUT2D eigenvalue weighted by molar-refractivity contribution is 9.10. The summed E-state index contributed by atoms with van der Waals surface area (Å²) < 4.78 is 12.5. The monoisotopic (exact) mass is 534 g/mol. The van der Waals surface area contributed by atoms with Crippen molar-refractivity contribution in [3.63, 3.8) is 0 Å². The number of nitrogens with zero attached hydrogens (tertiary/aromatic N) is 1. The predicted molar refractivity (Wildman–Crippen MR) is 135 cm³/mol. The van der Waals surface area contributed by atoms with Gasteiger partial charge in [0.2, 0.25) is 0 Å². The number of thiocarbonyl (C=S) groups is 1. The van der Waals surface area contributed by atoms with E-state index in [-0.39, 0.29) is 16.1 Å². The summed E-state index contributed by atoms with van der Waals surface area (Å²) in [5, 5.41) is 1.11. The van der Waals surface area contributed by atoms with E-state index in [2.05, 4.69) is 21.4 Å². The van der Waals surface area contributed by atoms with Crippen LogP contribution in [0.5, 0.6) is 11.5 Å². The highest BCUT2D eigenvalue weighted by atomic mass is 79.9. The third-order valence-electron chi connectivity index (χ3n) is 4.48. The van der Waals surface area contributed by atoms with Gasteiger partial charge in [0.25, 0.3) is 11.8 Å². The van der Waals surface area contributed by atoms with E-state index >= 15 is 0 Å². The number of carbonyl (C=O) groups is 2. The van der Waals surface area contributed by atoms with Gasteiger partial charge < -0.3 is 9.47 Å². The number of hydrogen-bond acceptors (Lipinski definition) is 6. The number of carbonyl (C=O) groups excluding carboxylic acids is 2.